The van der Waals surface area contributed by atoms with Crippen LogP contribution in [0.2, 0.25) is 5.02 Å². The highest BCUT2D eigenvalue weighted by atomic mass is 35.5. The molecular formula is C21H16ClN3O2S. The Labute approximate surface area is 170 Å². The molecule has 2 aromatic heterocycles. The van der Waals surface area contributed by atoms with Gasteiger partial charge in [-0.2, -0.15) is 5.10 Å². The van der Waals surface area contributed by atoms with E-state index in [1.54, 1.807) is 28.9 Å². The highest BCUT2D eigenvalue weighted by Crippen LogP contribution is 2.34. The van der Waals surface area contributed by atoms with Crippen molar-refractivity contribution < 1.29 is 9.59 Å². The van der Waals surface area contributed by atoms with Crippen molar-refractivity contribution in [2.75, 3.05) is 5.32 Å². The lowest BCUT2D eigenvalue weighted by atomic mass is 10.1. The van der Waals surface area contributed by atoms with Crippen LogP contribution in [-0.4, -0.2) is 21.5 Å². The van der Waals surface area contributed by atoms with E-state index < -0.39 is 0 Å². The molecule has 0 fully saturated rings. The van der Waals surface area contributed by atoms with Crippen molar-refractivity contribution in [1.82, 2.24) is 9.78 Å². The molecule has 5 nitrogen and oxygen atoms in total. The number of aromatic nitrogens is 2. The van der Waals surface area contributed by atoms with Gasteiger partial charge in [-0.3, -0.25) is 14.3 Å². The topological polar surface area (TPSA) is 64.0 Å². The molecule has 2 heterocycles. The first-order chi connectivity index (χ1) is 13.4. The second kappa shape index (κ2) is 7.22. The Morgan fingerprint density at radius 2 is 1.86 bits per heavy atom. The van der Waals surface area contributed by atoms with Crippen LogP contribution in [0.5, 0.6) is 0 Å². The van der Waals surface area contributed by atoms with E-state index in [2.05, 4.69) is 10.4 Å². The van der Waals surface area contributed by atoms with Crippen molar-refractivity contribution in [2.45, 2.75) is 6.92 Å². The monoisotopic (exact) mass is 409 g/mol. The lowest BCUT2D eigenvalue weighted by Crippen LogP contribution is -2.10. The van der Waals surface area contributed by atoms with Gasteiger partial charge in [0.05, 0.1) is 4.88 Å². The number of ketones is 1. The molecular weight excluding hydrogens is 394 g/mol. The highest BCUT2D eigenvalue weighted by molar-refractivity contribution is 7.20. The minimum Gasteiger partial charge on any atom is -0.321 e. The molecule has 0 atom stereocenters. The third-order valence-corrected chi connectivity index (χ3v) is 5.83. The molecule has 4 aromatic rings. The third kappa shape index (κ3) is 3.44. The van der Waals surface area contributed by atoms with Gasteiger partial charge in [-0.15, -0.1) is 11.3 Å². The zero-order valence-electron chi connectivity index (χ0n) is 15.2. The van der Waals surface area contributed by atoms with Gasteiger partial charge < -0.3 is 5.32 Å². The van der Waals surface area contributed by atoms with E-state index in [1.807, 2.05) is 37.4 Å². The summed E-state index contributed by atoms with van der Waals surface area (Å²) in [5, 5.41) is 9.02. The Hall–Kier alpha value is -2.96. The number of hydrogen-bond acceptors (Lipinski definition) is 4. The van der Waals surface area contributed by atoms with Gasteiger partial charge in [0.15, 0.2) is 5.78 Å². The van der Waals surface area contributed by atoms with Gasteiger partial charge in [0.2, 0.25) is 0 Å². The van der Waals surface area contributed by atoms with Crippen molar-refractivity contribution in [1.29, 1.82) is 0 Å². The van der Waals surface area contributed by atoms with E-state index >= 15 is 0 Å². The quantitative estimate of drug-likeness (QED) is 0.458. The molecule has 0 saturated heterocycles. The minimum atomic E-state index is -0.219. The van der Waals surface area contributed by atoms with Crippen LogP contribution in [-0.2, 0) is 7.05 Å². The number of anilines is 1. The van der Waals surface area contributed by atoms with Crippen LogP contribution in [0, 0.1) is 0 Å². The molecule has 2 aromatic carbocycles. The molecule has 1 amide bonds. The minimum absolute atomic E-state index is 0.0448. The second-order valence-electron chi connectivity index (χ2n) is 6.40. The Balaban J connectivity index is 1.67. The largest absolute Gasteiger partial charge is 0.321 e. The first-order valence-corrected chi connectivity index (χ1v) is 9.76. The summed E-state index contributed by atoms with van der Waals surface area (Å²) in [7, 11) is 1.86. The van der Waals surface area contributed by atoms with Crippen LogP contribution < -0.4 is 5.32 Å². The summed E-state index contributed by atoms with van der Waals surface area (Å²) < 4.78 is 1.77. The fourth-order valence-corrected chi connectivity index (χ4v) is 4.08. The molecule has 0 saturated carbocycles. The number of Topliss-reactive ketones (excluding diaryl/α,β-unsaturated/α-hetero) is 1. The van der Waals surface area contributed by atoms with Crippen molar-refractivity contribution in [2.24, 2.45) is 7.05 Å². The van der Waals surface area contributed by atoms with Gasteiger partial charge in [-0.1, -0.05) is 35.9 Å². The smallest absolute Gasteiger partial charge is 0.265 e. The molecule has 0 aliphatic rings. The lowest BCUT2D eigenvalue weighted by Gasteiger charge is -2.05. The lowest BCUT2D eigenvalue weighted by molar-refractivity contribution is 0.101. The van der Waals surface area contributed by atoms with E-state index in [9.17, 15) is 9.59 Å². The van der Waals surface area contributed by atoms with E-state index in [0.717, 1.165) is 21.5 Å². The number of thiophene rings is 1. The summed E-state index contributed by atoms with van der Waals surface area (Å²) >= 11 is 7.35. The highest BCUT2D eigenvalue weighted by Gasteiger charge is 2.18. The van der Waals surface area contributed by atoms with Gasteiger partial charge in [0.1, 0.15) is 10.5 Å². The van der Waals surface area contributed by atoms with E-state index in [-0.39, 0.29) is 11.7 Å². The van der Waals surface area contributed by atoms with Crippen molar-refractivity contribution in [3.05, 3.63) is 70.1 Å². The van der Waals surface area contributed by atoms with Crippen molar-refractivity contribution in [3.63, 3.8) is 0 Å². The van der Waals surface area contributed by atoms with Crippen LogP contribution >= 0.6 is 22.9 Å². The average Bonchev–Trinajstić information content (AvgIpc) is 3.24. The van der Waals surface area contributed by atoms with E-state index in [0.29, 0.717) is 21.2 Å². The van der Waals surface area contributed by atoms with Gasteiger partial charge in [0.25, 0.3) is 5.91 Å². The Kier molecular flexibility index (Phi) is 4.75. The summed E-state index contributed by atoms with van der Waals surface area (Å²) in [5.74, 6) is -0.263. The van der Waals surface area contributed by atoms with Gasteiger partial charge in [0, 0.05) is 34.3 Å². The maximum atomic E-state index is 12.7. The van der Waals surface area contributed by atoms with Gasteiger partial charge in [-0.05, 0) is 37.3 Å². The number of hydrogen-bond donors (Lipinski definition) is 1. The molecule has 0 spiro atoms. The standard InChI is InChI=1S/C21H16ClN3O2S/c1-12(26)14-4-3-5-16(10-14)23-20(27)18-11-17-19(24-25(2)21(17)28-18)13-6-8-15(22)9-7-13/h3-11H,1-2H3,(H,23,27). The third-order valence-electron chi connectivity index (χ3n) is 4.38. The summed E-state index contributed by atoms with van der Waals surface area (Å²) in [6.45, 7) is 1.50. The second-order valence-corrected chi connectivity index (χ2v) is 7.87. The predicted octanol–water partition coefficient (Wildman–Crippen LogP) is 5.41. The number of fused-ring (bicyclic) bond motifs is 1. The molecule has 7 heteroatoms. The SMILES string of the molecule is CC(=O)c1cccc(NC(=O)c2cc3c(-c4ccc(Cl)cc4)nn(C)c3s2)c1. The van der Waals surface area contributed by atoms with Gasteiger partial charge >= 0.3 is 0 Å². The molecule has 4 rings (SSSR count). The number of nitrogens with zero attached hydrogens (tertiary/aromatic N) is 2. The number of aryl methyl sites for hydroxylation is 1. The number of carbonyl (C=O) groups is 2. The van der Waals surface area contributed by atoms with Crippen molar-refractivity contribution >= 4 is 50.5 Å². The number of carbonyl (C=O) groups excluding carboxylic acids is 2. The summed E-state index contributed by atoms with van der Waals surface area (Å²) in [6.07, 6.45) is 0. The summed E-state index contributed by atoms with van der Waals surface area (Å²) in [4.78, 5) is 25.8. The van der Waals surface area contributed by atoms with E-state index in [4.69, 9.17) is 11.6 Å². The Bertz CT molecular complexity index is 1210. The number of benzene rings is 2. The molecule has 0 aliphatic carbocycles. The van der Waals surface area contributed by atoms with Crippen LogP contribution in [0.25, 0.3) is 21.5 Å². The fourth-order valence-electron chi connectivity index (χ4n) is 2.98. The number of nitrogens with one attached hydrogen (secondary N) is 1. The predicted molar refractivity (Wildman–Crippen MR) is 113 cm³/mol. The average molecular weight is 410 g/mol. The molecule has 0 unspecified atom stereocenters. The zero-order valence-corrected chi connectivity index (χ0v) is 16.8. The van der Waals surface area contributed by atoms with Crippen LogP contribution in [0.15, 0.2) is 54.6 Å². The zero-order chi connectivity index (χ0) is 19.8. The first-order valence-electron chi connectivity index (χ1n) is 8.57. The van der Waals surface area contributed by atoms with Crippen LogP contribution in [0.1, 0.15) is 27.0 Å². The Morgan fingerprint density at radius 3 is 2.57 bits per heavy atom. The number of rotatable bonds is 4. The molecule has 0 aliphatic heterocycles. The molecule has 28 heavy (non-hydrogen) atoms. The Morgan fingerprint density at radius 1 is 1.11 bits per heavy atom. The summed E-state index contributed by atoms with van der Waals surface area (Å²) in [5.41, 5.74) is 2.89. The maximum absolute atomic E-state index is 12.7. The normalized spacial score (nSPS) is 11.0. The molecule has 1 N–H and O–H groups in total. The first kappa shape index (κ1) is 18.4. The molecule has 0 radical (unpaired) electrons. The molecule has 140 valence electrons. The maximum Gasteiger partial charge on any atom is 0.265 e. The van der Waals surface area contributed by atoms with Crippen LogP contribution in [0.3, 0.4) is 0 Å². The number of halogens is 1. The van der Waals surface area contributed by atoms with Crippen LogP contribution in [0.4, 0.5) is 5.69 Å². The molecule has 0 bridgehead atoms. The fraction of sp³-hybridized carbons (Fsp3) is 0.0952. The number of amides is 1. The summed E-state index contributed by atoms with van der Waals surface area (Å²) in [6, 6.07) is 16.2. The van der Waals surface area contributed by atoms with Gasteiger partial charge in [-0.25, -0.2) is 0 Å². The van der Waals surface area contributed by atoms with E-state index in [1.165, 1.54) is 18.3 Å². The van der Waals surface area contributed by atoms with Crippen molar-refractivity contribution in [3.8, 4) is 11.3 Å².